The van der Waals surface area contributed by atoms with Gasteiger partial charge in [-0.05, 0) is 44.4 Å². The van der Waals surface area contributed by atoms with Gasteiger partial charge in [0.1, 0.15) is 5.82 Å². The number of aromatic amines is 1. The summed E-state index contributed by atoms with van der Waals surface area (Å²) in [5, 5.41) is 0. The van der Waals surface area contributed by atoms with E-state index in [2.05, 4.69) is 23.7 Å². The van der Waals surface area contributed by atoms with Crippen LogP contribution < -0.4 is 15.0 Å². The second-order valence-corrected chi connectivity index (χ2v) is 8.80. The van der Waals surface area contributed by atoms with Crippen molar-refractivity contribution in [1.82, 2.24) is 19.8 Å². The normalized spacial score (nSPS) is 18.7. The molecule has 1 amide bonds. The van der Waals surface area contributed by atoms with Crippen LogP contribution in [0.5, 0.6) is 11.5 Å². The highest BCUT2D eigenvalue weighted by Gasteiger charge is 2.33. The Hall–Kier alpha value is -2.87. The molecule has 2 aliphatic rings. The average Bonchev–Trinajstić information content (AvgIpc) is 3.29. The minimum atomic E-state index is -0.191. The third-order valence-electron chi connectivity index (χ3n) is 6.54. The van der Waals surface area contributed by atoms with Gasteiger partial charge in [0.25, 0.3) is 5.56 Å². The molecule has 0 radical (unpaired) electrons. The molecule has 1 saturated heterocycles. The summed E-state index contributed by atoms with van der Waals surface area (Å²) < 4.78 is 10.6. The Morgan fingerprint density at radius 3 is 2.72 bits per heavy atom. The number of hydrogen-bond acceptors (Lipinski definition) is 6. The molecule has 8 heteroatoms. The van der Waals surface area contributed by atoms with Crippen molar-refractivity contribution in [2.24, 2.45) is 0 Å². The van der Waals surface area contributed by atoms with Crippen LogP contribution in [-0.2, 0) is 24.2 Å². The fraction of sp³-hybridized carbons (Fsp3) is 0.542. The Labute approximate surface area is 188 Å². The summed E-state index contributed by atoms with van der Waals surface area (Å²) in [6.07, 6.45) is 2.72. The molecule has 1 aromatic carbocycles. The lowest BCUT2D eigenvalue weighted by Crippen LogP contribution is -2.40. The van der Waals surface area contributed by atoms with Crippen LogP contribution >= 0.6 is 0 Å². The number of hydrogen-bond donors (Lipinski definition) is 1. The topological polar surface area (TPSA) is 87.8 Å². The van der Waals surface area contributed by atoms with E-state index in [0.717, 1.165) is 42.6 Å². The summed E-state index contributed by atoms with van der Waals surface area (Å²) in [5.74, 6) is 1.87. The number of nitrogens with zero attached hydrogens (tertiary/aromatic N) is 3. The van der Waals surface area contributed by atoms with Crippen LogP contribution in [0.25, 0.3) is 0 Å². The summed E-state index contributed by atoms with van der Waals surface area (Å²) in [5.41, 5.74) is 2.42. The molecular formula is C24H32N4O4. The van der Waals surface area contributed by atoms with Crippen molar-refractivity contribution >= 4 is 5.91 Å². The molecule has 0 bridgehead atoms. The molecule has 4 rings (SSSR count). The smallest absolute Gasteiger partial charge is 0.255 e. The molecule has 0 spiro atoms. The number of amides is 1. The van der Waals surface area contributed by atoms with Gasteiger partial charge in [0.05, 0.1) is 37.9 Å². The molecule has 0 aliphatic carbocycles. The summed E-state index contributed by atoms with van der Waals surface area (Å²) in [6.45, 7) is 6.47. The van der Waals surface area contributed by atoms with E-state index in [-0.39, 0.29) is 23.9 Å². The van der Waals surface area contributed by atoms with Crippen LogP contribution in [0, 0.1) is 0 Å². The zero-order valence-electron chi connectivity index (χ0n) is 19.3. The van der Waals surface area contributed by atoms with E-state index >= 15 is 0 Å². The van der Waals surface area contributed by atoms with E-state index in [9.17, 15) is 9.59 Å². The number of carbonyl (C=O) groups is 1. The van der Waals surface area contributed by atoms with Crippen LogP contribution in [0.4, 0.5) is 0 Å². The second kappa shape index (κ2) is 9.32. The number of benzene rings is 1. The quantitative estimate of drug-likeness (QED) is 0.743. The molecule has 8 nitrogen and oxygen atoms in total. The minimum Gasteiger partial charge on any atom is -0.493 e. The Morgan fingerprint density at radius 2 is 2.00 bits per heavy atom. The van der Waals surface area contributed by atoms with Gasteiger partial charge >= 0.3 is 0 Å². The summed E-state index contributed by atoms with van der Waals surface area (Å²) in [4.78, 5) is 38.0. The predicted molar refractivity (Wildman–Crippen MR) is 121 cm³/mol. The molecule has 172 valence electrons. The van der Waals surface area contributed by atoms with Gasteiger partial charge in [-0.1, -0.05) is 6.07 Å². The number of aromatic nitrogens is 2. The Morgan fingerprint density at radius 1 is 1.22 bits per heavy atom. The maximum Gasteiger partial charge on any atom is 0.255 e. The van der Waals surface area contributed by atoms with Crippen molar-refractivity contribution in [3.8, 4) is 11.5 Å². The predicted octanol–water partition coefficient (Wildman–Crippen LogP) is 2.46. The van der Waals surface area contributed by atoms with Crippen molar-refractivity contribution in [3.63, 3.8) is 0 Å². The van der Waals surface area contributed by atoms with E-state index in [4.69, 9.17) is 14.5 Å². The average molecular weight is 441 g/mol. The first kappa shape index (κ1) is 22.3. The minimum absolute atomic E-state index is 0.0195. The fourth-order valence-electron chi connectivity index (χ4n) is 4.68. The molecule has 3 heterocycles. The Bertz CT molecular complexity index is 1050. The SMILES string of the molecule is COc1ccc(CC(=O)N2CCC[C@@H]2c2nc3c(c(=O)[nH]2)CN(C(C)C)CC3)cc1OC. The van der Waals surface area contributed by atoms with Gasteiger partial charge in [0.2, 0.25) is 5.91 Å². The van der Waals surface area contributed by atoms with Crippen LogP contribution in [0.15, 0.2) is 23.0 Å². The van der Waals surface area contributed by atoms with Gasteiger partial charge in [-0.15, -0.1) is 0 Å². The molecule has 0 unspecified atom stereocenters. The maximum absolute atomic E-state index is 13.2. The van der Waals surface area contributed by atoms with Crippen molar-refractivity contribution in [3.05, 3.63) is 51.2 Å². The molecule has 1 aromatic heterocycles. The number of ether oxygens (including phenoxy) is 2. The lowest BCUT2D eigenvalue weighted by molar-refractivity contribution is -0.131. The molecular weight excluding hydrogens is 408 g/mol. The largest absolute Gasteiger partial charge is 0.493 e. The van der Waals surface area contributed by atoms with Crippen LogP contribution in [0.3, 0.4) is 0 Å². The van der Waals surface area contributed by atoms with Crippen LogP contribution in [0.1, 0.15) is 55.4 Å². The number of H-pyrrole nitrogens is 1. The lowest BCUT2D eigenvalue weighted by Gasteiger charge is -2.31. The molecule has 2 aliphatic heterocycles. The molecule has 1 N–H and O–H groups in total. The number of nitrogens with one attached hydrogen (secondary N) is 1. The highest BCUT2D eigenvalue weighted by atomic mass is 16.5. The van der Waals surface area contributed by atoms with E-state index < -0.39 is 0 Å². The number of carbonyl (C=O) groups excluding carboxylic acids is 1. The zero-order chi connectivity index (χ0) is 22.8. The van der Waals surface area contributed by atoms with E-state index in [1.165, 1.54) is 0 Å². The van der Waals surface area contributed by atoms with E-state index in [1.807, 2.05) is 23.1 Å². The Kier molecular flexibility index (Phi) is 6.50. The zero-order valence-corrected chi connectivity index (χ0v) is 19.3. The first-order valence-electron chi connectivity index (χ1n) is 11.3. The standard InChI is InChI=1S/C24H32N4O4/c1-15(2)27-11-9-18-17(14-27)24(30)26-23(25-18)19-6-5-10-28(19)22(29)13-16-7-8-20(31-3)21(12-16)32-4/h7-8,12,15,19H,5-6,9-11,13-14H2,1-4H3,(H,25,26,30)/t19-/m1/s1. The van der Waals surface area contributed by atoms with Crippen molar-refractivity contribution in [2.75, 3.05) is 27.3 Å². The Balaban J connectivity index is 1.53. The first-order chi connectivity index (χ1) is 15.4. The number of fused-ring (bicyclic) bond motifs is 1. The van der Waals surface area contributed by atoms with Gasteiger partial charge in [0.15, 0.2) is 11.5 Å². The van der Waals surface area contributed by atoms with Gasteiger partial charge in [-0.2, -0.15) is 0 Å². The molecule has 1 fully saturated rings. The highest BCUT2D eigenvalue weighted by molar-refractivity contribution is 5.79. The van der Waals surface area contributed by atoms with E-state index in [0.29, 0.717) is 36.5 Å². The van der Waals surface area contributed by atoms with Gasteiger partial charge < -0.3 is 19.4 Å². The van der Waals surface area contributed by atoms with E-state index in [1.54, 1.807) is 14.2 Å². The lowest BCUT2D eigenvalue weighted by atomic mass is 10.0. The van der Waals surface area contributed by atoms with Crippen molar-refractivity contribution in [2.45, 2.75) is 58.2 Å². The third-order valence-corrected chi connectivity index (χ3v) is 6.54. The van der Waals surface area contributed by atoms with Gasteiger partial charge in [-0.25, -0.2) is 4.98 Å². The first-order valence-corrected chi connectivity index (χ1v) is 11.3. The summed E-state index contributed by atoms with van der Waals surface area (Å²) >= 11 is 0. The monoisotopic (exact) mass is 440 g/mol. The molecule has 1 atom stereocenters. The second-order valence-electron chi connectivity index (χ2n) is 8.80. The molecule has 2 aromatic rings. The number of rotatable bonds is 6. The van der Waals surface area contributed by atoms with Gasteiger partial charge in [0, 0.05) is 32.1 Å². The fourth-order valence-corrected chi connectivity index (χ4v) is 4.68. The highest BCUT2D eigenvalue weighted by Crippen LogP contribution is 2.32. The van der Waals surface area contributed by atoms with Crippen molar-refractivity contribution < 1.29 is 14.3 Å². The summed E-state index contributed by atoms with van der Waals surface area (Å²) in [7, 11) is 3.17. The number of likely N-dealkylation sites (tertiary alicyclic amines) is 1. The van der Waals surface area contributed by atoms with Gasteiger partial charge in [-0.3, -0.25) is 14.5 Å². The van der Waals surface area contributed by atoms with Crippen molar-refractivity contribution in [1.29, 1.82) is 0 Å². The van der Waals surface area contributed by atoms with Crippen LogP contribution in [0.2, 0.25) is 0 Å². The maximum atomic E-state index is 13.2. The van der Waals surface area contributed by atoms with Crippen LogP contribution in [-0.4, -0.2) is 59.0 Å². The number of methoxy groups -OCH3 is 2. The third kappa shape index (κ3) is 4.37. The molecule has 32 heavy (non-hydrogen) atoms. The summed E-state index contributed by atoms with van der Waals surface area (Å²) in [6, 6.07) is 5.72. The molecule has 0 saturated carbocycles.